The zero-order valence-electron chi connectivity index (χ0n) is 8.76. The number of halogens is 2. The van der Waals surface area contributed by atoms with Crippen molar-refractivity contribution in [3.63, 3.8) is 0 Å². The monoisotopic (exact) mass is 211 g/mol. The molecule has 1 heterocycles. The highest BCUT2D eigenvalue weighted by atomic mass is 19.1. The van der Waals surface area contributed by atoms with Gasteiger partial charge in [0, 0.05) is 0 Å². The minimum atomic E-state index is -1.04. The lowest BCUT2D eigenvalue weighted by Gasteiger charge is -2.28. The first-order valence-corrected chi connectivity index (χ1v) is 5.27. The molecule has 1 aromatic carbocycles. The average molecular weight is 211 g/mol. The van der Waals surface area contributed by atoms with E-state index in [9.17, 15) is 8.78 Å². The van der Waals surface area contributed by atoms with E-state index in [1.54, 1.807) is 19.1 Å². The molecule has 15 heavy (non-hydrogen) atoms. The summed E-state index contributed by atoms with van der Waals surface area (Å²) in [5, 5.41) is 3.10. The maximum atomic E-state index is 13.7. The highest BCUT2D eigenvalue weighted by Gasteiger charge is 2.22. The molecule has 1 aromatic rings. The fraction of sp³-hybridized carbons (Fsp3) is 0.500. The van der Waals surface area contributed by atoms with Crippen molar-refractivity contribution in [2.75, 3.05) is 13.1 Å². The van der Waals surface area contributed by atoms with Crippen LogP contribution in [0.4, 0.5) is 8.78 Å². The van der Waals surface area contributed by atoms with E-state index in [4.69, 9.17) is 0 Å². The van der Waals surface area contributed by atoms with Gasteiger partial charge in [0.1, 0.15) is 12.0 Å². The minimum Gasteiger partial charge on any atom is -0.316 e. The van der Waals surface area contributed by atoms with Gasteiger partial charge in [-0.15, -0.1) is 0 Å². The molecule has 2 rings (SSSR count). The van der Waals surface area contributed by atoms with Crippen molar-refractivity contribution in [3.05, 3.63) is 35.1 Å². The Morgan fingerprint density at radius 1 is 1.47 bits per heavy atom. The largest absolute Gasteiger partial charge is 0.316 e. The summed E-state index contributed by atoms with van der Waals surface area (Å²) in [6, 6.07) is 4.62. The highest BCUT2D eigenvalue weighted by Crippen LogP contribution is 2.27. The molecule has 0 radical (unpaired) electrons. The smallest absolute Gasteiger partial charge is 0.126 e. The van der Waals surface area contributed by atoms with E-state index in [0.717, 1.165) is 13.1 Å². The SMILES string of the molecule is Cc1ccc(C(F)CC2CNC2)cc1F. The summed E-state index contributed by atoms with van der Waals surface area (Å²) in [5.74, 6) is 0.0891. The number of benzene rings is 1. The van der Waals surface area contributed by atoms with E-state index in [1.807, 2.05) is 0 Å². The van der Waals surface area contributed by atoms with Crippen LogP contribution in [0.5, 0.6) is 0 Å². The molecule has 0 aromatic heterocycles. The van der Waals surface area contributed by atoms with Crippen LogP contribution in [0.15, 0.2) is 18.2 Å². The van der Waals surface area contributed by atoms with Gasteiger partial charge in [-0.25, -0.2) is 8.78 Å². The van der Waals surface area contributed by atoms with Crippen molar-refractivity contribution in [2.24, 2.45) is 5.92 Å². The Hall–Kier alpha value is -0.960. The molecule has 1 saturated heterocycles. The summed E-state index contributed by atoms with van der Waals surface area (Å²) in [7, 11) is 0. The van der Waals surface area contributed by atoms with Crippen LogP contribution in [-0.4, -0.2) is 13.1 Å². The molecule has 1 unspecified atom stereocenters. The van der Waals surface area contributed by atoms with Crippen LogP contribution in [-0.2, 0) is 0 Å². The molecule has 0 aliphatic carbocycles. The van der Waals surface area contributed by atoms with Gasteiger partial charge in [-0.05, 0) is 49.5 Å². The van der Waals surface area contributed by atoms with Crippen molar-refractivity contribution in [2.45, 2.75) is 19.5 Å². The summed E-state index contributed by atoms with van der Waals surface area (Å²) in [4.78, 5) is 0. The number of rotatable bonds is 3. The van der Waals surface area contributed by atoms with E-state index in [2.05, 4.69) is 5.32 Å². The second-order valence-corrected chi connectivity index (χ2v) is 4.24. The quantitative estimate of drug-likeness (QED) is 0.810. The summed E-state index contributed by atoms with van der Waals surface area (Å²) >= 11 is 0. The maximum absolute atomic E-state index is 13.7. The van der Waals surface area contributed by atoms with Crippen molar-refractivity contribution in [1.29, 1.82) is 0 Å². The Morgan fingerprint density at radius 2 is 2.20 bits per heavy atom. The maximum Gasteiger partial charge on any atom is 0.126 e. The third-order valence-electron chi connectivity index (χ3n) is 2.96. The van der Waals surface area contributed by atoms with Gasteiger partial charge in [0.2, 0.25) is 0 Å². The molecule has 1 nitrogen and oxygen atoms in total. The molecule has 1 aliphatic rings. The molecule has 3 heteroatoms. The molecule has 1 N–H and O–H groups in total. The molecule has 0 bridgehead atoms. The fourth-order valence-corrected chi connectivity index (χ4v) is 1.75. The van der Waals surface area contributed by atoms with Gasteiger partial charge in [0.15, 0.2) is 0 Å². The molecule has 1 atom stereocenters. The fourth-order valence-electron chi connectivity index (χ4n) is 1.75. The predicted molar refractivity (Wildman–Crippen MR) is 56.0 cm³/mol. The van der Waals surface area contributed by atoms with Crippen molar-refractivity contribution >= 4 is 0 Å². The standard InChI is InChI=1S/C12H15F2N/c1-8-2-3-10(5-11(8)13)12(14)4-9-6-15-7-9/h2-3,5,9,12,15H,4,6-7H2,1H3. The third kappa shape index (κ3) is 2.34. The normalized spacial score (nSPS) is 18.6. The second-order valence-electron chi connectivity index (χ2n) is 4.24. The van der Waals surface area contributed by atoms with E-state index < -0.39 is 6.17 Å². The van der Waals surface area contributed by atoms with Crippen LogP contribution < -0.4 is 5.32 Å². The zero-order valence-corrected chi connectivity index (χ0v) is 8.76. The summed E-state index contributed by atoms with van der Waals surface area (Å²) in [6.45, 7) is 3.45. The summed E-state index contributed by atoms with van der Waals surface area (Å²) < 4.78 is 26.9. The topological polar surface area (TPSA) is 12.0 Å². The van der Waals surface area contributed by atoms with Gasteiger partial charge in [0.25, 0.3) is 0 Å². The Bertz CT molecular complexity index is 347. The van der Waals surface area contributed by atoms with Gasteiger partial charge in [-0.2, -0.15) is 0 Å². The van der Waals surface area contributed by atoms with Crippen LogP contribution in [0.2, 0.25) is 0 Å². The van der Waals surface area contributed by atoms with Gasteiger partial charge in [-0.3, -0.25) is 0 Å². The number of hydrogen-bond acceptors (Lipinski definition) is 1. The first-order chi connectivity index (χ1) is 7.16. The van der Waals surface area contributed by atoms with E-state index in [0.29, 0.717) is 23.5 Å². The predicted octanol–water partition coefficient (Wildman–Crippen LogP) is 2.75. The Balaban J connectivity index is 2.03. The van der Waals surface area contributed by atoms with Crippen LogP contribution in [0.1, 0.15) is 23.7 Å². The molecule has 1 fully saturated rings. The molecule has 0 saturated carbocycles. The lowest BCUT2D eigenvalue weighted by Crippen LogP contribution is -2.42. The van der Waals surface area contributed by atoms with E-state index in [-0.39, 0.29) is 5.82 Å². The van der Waals surface area contributed by atoms with Gasteiger partial charge in [-0.1, -0.05) is 12.1 Å². The molecular weight excluding hydrogens is 196 g/mol. The minimum absolute atomic E-state index is 0.318. The molecule has 1 aliphatic heterocycles. The van der Waals surface area contributed by atoms with Crippen LogP contribution >= 0.6 is 0 Å². The average Bonchev–Trinajstić information content (AvgIpc) is 2.15. The molecule has 0 spiro atoms. The van der Waals surface area contributed by atoms with Gasteiger partial charge >= 0.3 is 0 Å². The number of nitrogens with one attached hydrogen (secondary N) is 1. The first-order valence-electron chi connectivity index (χ1n) is 5.27. The zero-order chi connectivity index (χ0) is 10.8. The van der Waals surface area contributed by atoms with Crippen molar-refractivity contribution in [1.82, 2.24) is 5.32 Å². The van der Waals surface area contributed by atoms with Gasteiger partial charge < -0.3 is 5.32 Å². The van der Waals surface area contributed by atoms with Crippen LogP contribution in [0.3, 0.4) is 0 Å². The Morgan fingerprint density at radius 3 is 2.73 bits per heavy atom. The molecular formula is C12H15F2N. The van der Waals surface area contributed by atoms with E-state index in [1.165, 1.54) is 6.07 Å². The third-order valence-corrected chi connectivity index (χ3v) is 2.96. The lowest BCUT2D eigenvalue weighted by atomic mass is 9.93. The Kier molecular flexibility index (Phi) is 3.00. The number of alkyl halides is 1. The Labute approximate surface area is 88.5 Å². The first kappa shape index (κ1) is 10.6. The second kappa shape index (κ2) is 4.27. The van der Waals surface area contributed by atoms with Crippen LogP contribution in [0.25, 0.3) is 0 Å². The summed E-state index contributed by atoms with van der Waals surface area (Å²) in [5.41, 5.74) is 1.03. The lowest BCUT2D eigenvalue weighted by molar-refractivity contribution is 0.224. The number of hydrogen-bond donors (Lipinski definition) is 1. The highest BCUT2D eigenvalue weighted by molar-refractivity contribution is 5.25. The van der Waals surface area contributed by atoms with Crippen molar-refractivity contribution in [3.8, 4) is 0 Å². The summed E-state index contributed by atoms with van der Waals surface area (Å²) in [6.07, 6.45) is -0.539. The van der Waals surface area contributed by atoms with Gasteiger partial charge in [0.05, 0.1) is 0 Å². The molecule has 0 amide bonds. The number of aryl methyl sites for hydroxylation is 1. The molecule has 82 valence electrons. The van der Waals surface area contributed by atoms with Crippen LogP contribution in [0, 0.1) is 18.7 Å². The van der Waals surface area contributed by atoms with E-state index >= 15 is 0 Å². The van der Waals surface area contributed by atoms with Crippen molar-refractivity contribution < 1.29 is 8.78 Å².